The van der Waals surface area contributed by atoms with E-state index in [1.165, 1.54) is 0 Å². The van der Waals surface area contributed by atoms with Crippen LogP contribution in [-0.2, 0) is 11.3 Å². The van der Waals surface area contributed by atoms with Crippen LogP contribution in [0.1, 0.15) is 25.3 Å². The lowest BCUT2D eigenvalue weighted by atomic mass is 10.1. The molecule has 0 radical (unpaired) electrons. The van der Waals surface area contributed by atoms with Gasteiger partial charge in [-0.1, -0.05) is 6.07 Å². The second kappa shape index (κ2) is 6.61. The first-order valence-corrected chi connectivity index (χ1v) is 6.88. The van der Waals surface area contributed by atoms with Crippen LogP contribution in [0, 0.1) is 0 Å². The van der Waals surface area contributed by atoms with E-state index in [0.29, 0.717) is 12.6 Å². The Balaban J connectivity index is 1.90. The molecule has 1 aliphatic carbocycles. The lowest BCUT2D eigenvalue weighted by Crippen LogP contribution is -2.42. The van der Waals surface area contributed by atoms with Crippen LogP contribution in [0.25, 0.3) is 0 Å². The molecule has 0 aliphatic heterocycles. The van der Waals surface area contributed by atoms with Gasteiger partial charge in [-0.3, -0.25) is 4.79 Å². The molecular formula is C15H22N2O3. The van der Waals surface area contributed by atoms with E-state index in [4.69, 9.17) is 9.47 Å². The number of nitrogens with one attached hydrogen (secondary N) is 2. The minimum Gasteiger partial charge on any atom is -0.497 e. The normalized spacial score (nSPS) is 15.6. The van der Waals surface area contributed by atoms with Crippen molar-refractivity contribution in [3.63, 3.8) is 0 Å². The Morgan fingerprint density at radius 1 is 1.35 bits per heavy atom. The van der Waals surface area contributed by atoms with Gasteiger partial charge >= 0.3 is 0 Å². The molecule has 0 saturated heterocycles. The Bertz CT molecular complexity index is 472. The van der Waals surface area contributed by atoms with Gasteiger partial charge in [-0.25, -0.2) is 0 Å². The molecule has 1 aromatic carbocycles. The van der Waals surface area contributed by atoms with Gasteiger partial charge in [0.25, 0.3) is 0 Å². The molecule has 0 spiro atoms. The van der Waals surface area contributed by atoms with E-state index >= 15 is 0 Å². The summed E-state index contributed by atoms with van der Waals surface area (Å²) in [6, 6.07) is 5.83. The standard InChI is InChI=1S/C15H22N2O3/c1-10(15(18)17-12-5-6-12)16-9-11-4-7-13(19-2)8-14(11)20-3/h4,7-8,10,12,16H,5-6,9H2,1-3H3,(H,17,18). The first-order valence-electron chi connectivity index (χ1n) is 6.88. The molecule has 5 heteroatoms. The lowest BCUT2D eigenvalue weighted by molar-refractivity contribution is -0.122. The van der Waals surface area contributed by atoms with E-state index in [9.17, 15) is 4.79 Å². The van der Waals surface area contributed by atoms with Gasteiger partial charge in [-0.2, -0.15) is 0 Å². The molecule has 1 aliphatic rings. The number of rotatable bonds is 7. The predicted octanol–water partition coefficient (Wildman–Crippen LogP) is 1.46. The zero-order valence-corrected chi connectivity index (χ0v) is 12.2. The minimum absolute atomic E-state index is 0.0555. The molecule has 1 fully saturated rings. The van der Waals surface area contributed by atoms with Crippen molar-refractivity contribution in [2.75, 3.05) is 14.2 Å². The zero-order chi connectivity index (χ0) is 14.5. The number of benzene rings is 1. The maximum atomic E-state index is 11.8. The van der Waals surface area contributed by atoms with Crippen LogP contribution < -0.4 is 20.1 Å². The van der Waals surface area contributed by atoms with Gasteiger partial charge in [0.05, 0.1) is 20.3 Å². The highest BCUT2D eigenvalue weighted by Gasteiger charge is 2.25. The first-order chi connectivity index (χ1) is 9.63. The molecule has 2 rings (SSSR count). The number of ether oxygens (including phenoxy) is 2. The van der Waals surface area contributed by atoms with Crippen LogP contribution in [0.3, 0.4) is 0 Å². The molecule has 1 amide bonds. The monoisotopic (exact) mass is 278 g/mol. The summed E-state index contributed by atoms with van der Waals surface area (Å²) in [5, 5.41) is 6.20. The Hall–Kier alpha value is -1.75. The van der Waals surface area contributed by atoms with Crippen molar-refractivity contribution >= 4 is 5.91 Å². The van der Waals surface area contributed by atoms with E-state index in [1.807, 2.05) is 25.1 Å². The molecule has 20 heavy (non-hydrogen) atoms. The third kappa shape index (κ3) is 3.87. The molecule has 1 aromatic rings. The van der Waals surface area contributed by atoms with Gasteiger partial charge in [0.2, 0.25) is 5.91 Å². The fourth-order valence-corrected chi connectivity index (χ4v) is 1.91. The minimum atomic E-state index is -0.220. The largest absolute Gasteiger partial charge is 0.497 e. The number of carbonyl (C=O) groups is 1. The molecular weight excluding hydrogens is 256 g/mol. The summed E-state index contributed by atoms with van der Waals surface area (Å²) in [4.78, 5) is 11.8. The first kappa shape index (κ1) is 14.7. The van der Waals surface area contributed by atoms with Gasteiger partial charge in [0, 0.05) is 24.2 Å². The average molecular weight is 278 g/mol. The topological polar surface area (TPSA) is 59.6 Å². The lowest BCUT2D eigenvalue weighted by Gasteiger charge is -2.15. The van der Waals surface area contributed by atoms with Crippen molar-refractivity contribution in [2.24, 2.45) is 0 Å². The smallest absolute Gasteiger partial charge is 0.237 e. The average Bonchev–Trinajstić information content (AvgIpc) is 3.28. The maximum Gasteiger partial charge on any atom is 0.237 e. The SMILES string of the molecule is COc1ccc(CNC(C)C(=O)NC2CC2)c(OC)c1. The zero-order valence-electron chi connectivity index (χ0n) is 12.2. The molecule has 110 valence electrons. The number of carbonyl (C=O) groups excluding carboxylic acids is 1. The molecule has 0 bridgehead atoms. The summed E-state index contributed by atoms with van der Waals surface area (Å²) in [6.45, 7) is 2.44. The second-order valence-corrected chi connectivity index (χ2v) is 5.06. The van der Waals surface area contributed by atoms with Gasteiger partial charge in [0.1, 0.15) is 11.5 Å². The van der Waals surface area contributed by atoms with E-state index in [0.717, 1.165) is 29.9 Å². The predicted molar refractivity (Wildman–Crippen MR) is 77.0 cm³/mol. The fraction of sp³-hybridized carbons (Fsp3) is 0.533. The number of methoxy groups -OCH3 is 2. The highest BCUT2D eigenvalue weighted by atomic mass is 16.5. The van der Waals surface area contributed by atoms with Crippen LogP contribution in [0.2, 0.25) is 0 Å². The molecule has 1 saturated carbocycles. The Morgan fingerprint density at radius 2 is 2.10 bits per heavy atom. The molecule has 5 nitrogen and oxygen atoms in total. The molecule has 2 N–H and O–H groups in total. The quantitative estimate of drug-likeness (QED) is 0.793. The van der Waals surface area contributed by atoms with E-state index in [-0.39, 0.29) is 11.9 Å². The summed E-state index contributed by atoms with van der Waals surface area (Å²) >= 11 is 0. The Morgan fingerprint density at radius 3 is 2.70 bits per heavy atom. The highest BCUT2D eigenvalue weighted by Crippen LogP contribution is 2.24. The van der Waals surface area contributed by atoms with Gasteiger partial charge in [-0.05, 0) is 25.8 Å². The molecule has 0 heterocycles. The van der Waals surface area contributed by atoms with Gasteiger partial charge in [0.15, 0.2) is 0 Å². The van der Waals surface area contributed by atoms with E-state index < -0.39 is 0 Å². The Kier molecular flexibility index (Phi) is 4.84. The summed E-state index contributed by atoms with van der Waals surface area (Å²) in [7, 11) is 3.25. The second-order valence-electron chi connectivity index (χ2n) is 5.06. The molecule has 1 atom stereocenters. The number of amides is 1. The van der Waals surface area contributed by atoms with Crippen molar-refractivity contribution in [3.8, 4) is 11.5 Å². The van der Waals surface area contributed by atoms with Gasteiger partial charge in [-0.15, -0.1) is 0 Å². The third-order valence-electron chi connectivity index (χ3n) is 3.41. The van der Waals surface area contributed by atoms with Gasteiger partial charge < -0.3 is 20.1 Å². The number of hydrogen-bond acceptors (Lipinski definition) is 4. The summed E-state index contributed by atoms with van der Waals surface area (Å²) < 4.78 is 10.5. The summed E-state index contributed by atoms with van der Waals surface area (Å²) in [6.07, 6.45) is 2.20. The van der Waals surface area contributed by atoms with Crippen molar-refractivity contribution in [1.82, 2.24) is 10.6 Å². The van der Waals surface area contributed by atoms with Crippen LogP contribution in [-0.4, -0.2) is 32.2 Å². The van der Waals surface area contributed by atoms with Crippen molar-refractivity contribution in [3.05, 3.63) is 23.8 Å². The van der Waals surface area contributed by atoms with Crippen molar-refractivity contribution in [1.29, 1.82) is 0 Å². The van der Waals surface area contributed by atoms with Crippen molar-refractivity contribution in [2.45, 2.75) is 38.4 Å². The summed E-state index contributed by atoms with van der Waals surface area (Å²) in [5.41, 5.74) is 0.999. The molecule has 0 aromatic heterocycles. The highest BCUT2D eigenvalue weighted by molar-refractivity contribution is 5.81. The van der Waals surface area contributed by atoms with Crippen LogP contribution in [0.4, 0.5) is 0 Å². The number of hydrogen-bond donors (Lipinski definition) is 2. The van der Waals surface area contributed by atoms with Crippen LogP contribution in [0.15, 0.2) is 18.2 Å². The summed E-state index contributed by atoms with van der Waals surface area (Å²) in [5.74, 6) is 1.57. The third-order valence-corrected chi connectivity index (χ3v) is 3.41. The maximum absolute atomic E-state index is 11.8. The molecule has 1 unspecified atom stereocenters. The van der Waals surface area contributed by atoms with Crippen molar-refractivity contribution < 1.29 is 14.3 Å². The van der Waals surface area contributed by atoms with Crippen LogP contribution in [0.5, 0.6) is 11.5 Å². The van der Waals surface area contributed by atoms with Crippen LogP contribution >= 0.6 is 0 Å². The van der Waals surface area contributed by atoms with E-state index in [2.05, 4.69) is 10.6 Å². The fourth-order valence-electron chi connectivity index (χ4n) is 1.91. The van der Waals surface area contributed by atoms with E-state index in [1.54, 1.807) is 14.2 Å². The Labute approximate surface area is 119 Å².